The van der Waals surface area contributed by atoms with E-state index in [2.05, 4.69) is 23.7 Å². The Kier molecular flexibility index (Phi) is 7.17. The summed E-state index contributed by atoms with van der Waals surface area (Å²) in [6.45, 7) is 5.85. The molecular formula is C24H31N3O3S. The molecule has 0 saturated carbocycles. The van der Waals surface area contributed by atoms with Gasteiger partial charge in [-0.2, -0.15) is 0 Å². The van der Waals surface area contributed by atoms with Crippen LogP contribution in [0, 0.1) is 0 Å². The van der Waals surface area contributed by atoms with Crippen LogP contribution >= 0.6 is 11.3 Å². The molecule has 2 N–H and O–H groups in total. The maximum absolute atomic E-state index is 12.8. The van der Waals surface area contributed by atoms with Crippen LogP contribution in [0.1, 0.15) is 48.5 Å². The van der Waals surface area contributed by atoms with Gasteiger partial charge in [0, 0.05) is 17.5 Å². The van der Waals surface area contributed by atoms with E-state index in [0.717, 1.165) is 35.0 Å². The van der Waals surface area contributed by atoms with Gasteiger partial charge in [0.2, 0.25) is 0 Å². The molecule has 3 aromatic rings. The van der Waals surface area contributed by atoms with Crippen LogP contribution in [0.4, 0.5) is 0 Å². The molecule has 0 amide bonds. The first kappa shape index (κ1) is 22.1. The van der Waals surface area contributed by atoms with E-state index in [-0.39, 0.29) is 18.2 Å². The predicted octanol–water partition coefficient (Wildman–Crippen LogP) is 3.65. The van der Waals surface area contributed by atoms with E-state index in [1.54, 1.807) is 11.3 Å². The molecule has 1 aliphatic carbocycles. The van der Waals surface area contributed by atoms with Gasteiger partial charge in [0.05, 0.1) is 31.2 Å². The summed E-state index contributed by atoms with van der Waals surface area (Å²) in [5.74, 6) is 0.655. The van der Waals surface area contributed by atoms with Gasteiger partial charge in [-0.15, -0.1) is 11.3 Å². The van der Waals surface area contributed by atoms with Crippen molar-refractivity contribution in [1.82, 2.24) is 14.9 Å². The van der Waals surface area contributed by atoms with E-state index >= 15 is 0 Å². The second-order valence-corrected chi connectivity index (χ2v) is 9.67. The molecule has 31 heavy (non-hydrogen) atoms. The second-order valence-electron chi connectivity index (χ2n) is 8.58. The van der Waals surface area contributed by atoms with Gasteiger partial charge < -0.3 is 14.8 Å². The highest BCUT2D eigenvalue weighted by atomic mass is 32.1. The van der Waals surface area contributed by atoms with Crippen LogP contribution in [0.3, 0.4) is 0 Å². The van der Waals surface area contributed by atoms with Crippen LogP contribution < -0.4 is 5.56 Å². The summed E-state index contributed by atoms with van der Waals surface area (Å²) < 4.78 is 5.69. The smallest absolute Gasteiger partial charge is 0.259 e. The zero-order chi connectivity index (χ0) is 21.8. The van der Waals surface area contributed by atoms with Gasteiger partial charge >= 0.3 is 0 Å². The maximum Gasteiger partial charge on any atom is 0.259 e. The van der Waals surface area contributed by atoms with Gasteiger partial charge in [-0.05, 0) is 50.7 Å². The van der Waals surface area contributed by atoms with E-state index in [1.807, 2.05) is 30.3 Å². The summed E-state index contributed by atoms with van der Waals surface area (Å²) in [5, 5.41) is 11.3. The number of thiophene rings is 1. The van der Waals surface area contributed by atoms with Gasteiger partial charge in [-0.1, -0.05) is 30.3 Å². The standard InChI is InChI=1S/C24H31N3O3S/c1-16(2)27(12-18(28)15-30-14-17-8-4-3-5-9-17)13-21-25-23(29)22-19-10-6-7-11-20(19)31-24(22)26-21/h3-5,8-9,16,18,28H,6-7,10-15H2,1-2H3,(H,25,26,29)/t18-/m1/s1. The minimum absolute atomic E-state index is 0.0325. The molecule has 0 spiro atoms. The van der Waals surface area contributed by atoms with Crippen LogP contribution in [0.25, 0.3) is 10.2 Å². The zero-order valence-electron chi connectivity index (χ0n) is 18.3. The Balaban J connectivity index is 1.40. The Morgan fingerprint density at radius 1 is 1.23 bits per heavy atom. The highest BCUT2D eigenvalue weighted by Gasteiger charge is 2.21. The van der Waals surface area contributed by atoms with E-state index in [1.165, 1.54) is 16.9 Å². The molecule has 0 unspecified atom stereocenters. The lowest BCUT2D eigenvalue weighted by Gasteiger charge is -2.28. The Morgan fingerprint density at radius 2 is 2.00 bits per heavy atom. The van der Waals surface area contributed by atoms with Crippen molar-refractivity contribution in [3.05, 3.63) is 62.5 Å². The number of hydrogen-bond acceptors (Lipinski definition) is 6. The number of rotatable bonds is 9. The van der Waals surface area contributed by atoms with Gasteiger partial charge in [0.25, 0.3) is 5.56 Å². The van der Waals surface area contributed by atoms with Gasteiger partial charge in [-0.25, -0.2) is 4.98 Å². The minimum Gasteiger partial charge on any atom is -0.389 e. The Bertz CT molecular complexity index is 1060. The number of H-pyrrole nitrogens is 1. The largest absolute Gasteiger partial charge is 0.389 e. The molecule has 166 valence electrons. The molecule has 6 nitrogen and oxygen atoms in total. The first-order valence-electron chi connectivity index (χ1n) is 11.1. The summed E-state index contributed by atoms with van der Waals surface area (Å²) >= 11 is 1.67. The lowest BCUT2D eigenvalue weighted by atomic mass is 9.97. The highest BCUT2D eigenvalue weighted by Crippen LogP contribution is 2.33. The number of nitrogens with zero attached hydrogens (tertiary/aromatic N) is 2. The van der Waals surface area contributed by atoms with Crippen LogP contribution in [0.2, 0.25) is 0 Å². The molecule has 0 saturated heterocycles. The third-order valence-electron chi connectivity index (χ3n) is 5.82. The number of aromatic nitrogens is 2. The van der Waals surface area contributed by atoms with Crippen molar-refractivity contribution < 1.29 is 9.84 Å². The molecule has 0 bridgehead atoms. The molecule has 1 aliphatic rings. The van der Waals surface area contributed by atoms with E-state index in [9.17, 15) is 9.90 Å². The number of aliphatic hydroxyl groups is 1. The molecule has 7 heteroatoms. The van der Waals surface area contributed by atoms with Crippen LogP contribution in [-0.4, -0.2) is 45.3 Å². The minimum atomic E-state index is -0.615. The number of hydrogen-bond donors (Lipinski definition) is 2. The predicted molar refractivity (Wildman–Crippen MR) is 125 cm³/mol. The van der Waals surface area contributed by atoms with Crippen molar-refractivity contribution in [2.75, 3.05) is 13.2 Å². The summed E-state index contributed by atoms with van der Waals surface area (Å²) in [6, 6.07) is 10.1. The first-order chi connectivity index (χ1) is 15.0. The maximum atomic E-state index is 12.8. The SMILES string of the molecule is CC(C)N(Cc1nc2sc3c(c2c(=O)[nH]1)CCCC3)C[C@@H](O)COCc1ccccc1. The Morgan fingerprint density at radius 3 is 2.77 bits per heavy atom. The number of fused-ring (bicyclic) bond motifs is 3. The van der Waals surface area contributed by atoms with E-state index in [4.69, 9.17) is 9.72 Å². The van der Waals surface area contributed by atoms with Crippen molar-refractivity contribution >= 4 is 21.6 Å². The van der Waals surface area contributed by atoms with Crippen molar-refractivity contribution in [3.8, 4) is 0 Å². The quantitative estimate of drug-likeness (QED) is 0.530. The summed E-state index contributed by atoms with van der Waals surface area (Å²) in [5.41, 5.74) is 2.26. The number of ether oxygens (including phenoxy) is 1. The van der Waals surface area contributed by atoms with Crippen LogP contribution in [-0.2, 0) is 30.7 Å². The monoisotopic (exact) mass is 441 g/mol. The second kappa shape index (κ2) is 10.0. The number of nitrogens with one attached hydrogen (secondary N) is 1. The molecule has 1 aromatic carbocycles. The molecule has 4 rings (SSSR count). The summed E-state index contributed by atoms with van der Waals surface area (Å²) in [4.78, 5) is 24.9. The fourth-order valence-corrected chi connectivity index (χ4v) is 5.43. The highest BCUT2D eigenvalue weighted by molar-refractivity contribution is 7.18. The van der Waals surface area contributed by atoms with Crippen LogP contribution in [0.5, 0.6) is 0 Å². The molecular weight excluding hydrogens is 410 g/mol. The Labute approximate surface area is 186 Å². The molecule has 0 aliphatic heterocycles. The topological polar surface area (TPSA) is 78.5 Å². The summed E-state index contributed by atoms with van der Waals surface area (Å²) in [6.07, 6.45) is 3.75. The molecule has 2 heterocycles. The fraction of sp³-hybridized carbons (Fsp3) is 0.500. The third kappa shape index (κ3) is 5.41. The van der Waals surface area contributed by atoms with E-state index in [0.29, 0.717) is 25.5 Å². The number of aliphatic hydroxyl groups excluding tert-OH is 1. The van der Waals surface area contributed by atoms with Crippen LogP contribution in [0.15, 0.2) is 35.1 Å². The average molecular weight is 442 g/mol. The number of aryl methyl sites for hydroxylation is 2. The lowest BCUT2D eigenvalue weighted by Crippen LogP contribution is -2.39. The average Bonchev–Trinajstić information content (AvgIpc) is 3.13. The Hall–Kier alpha value is -2.06. The lowest BCUT2D eigenvalue weighted by molar-refractivity contribution is 0.00267. The van der Waals surface area contributed by atoms with Crippen molar-refractivity contribution in [1.29, 1.82) is 0 Å². The number of aromatic amines is 1. The molecule has 1 atom stereocenters. The molecule has 0 radical (unpaired) electrons. The summed E-state index contributed by atoms with van der Waals surface area (Å²) in [7, 11) is 0. The van der Waals surface area contributed by atoms with Gasteiger partial charge in [0.1, 0.15) is 10.7 Å². The fourth-order valence-electron chi connectivity index (χ4n) is 4.14. The molecule has 0 fully saturated rings. The normalized spacial score (nSPS) is 15.0. The third-order valence-corrected chi connectivity index (χ3v) is 7.01. The van der Waals surface area contributed by atoms with Gasteiger partial charge in [0.15, 0.2) is 0 Å². The first-order valence-corrected chi connectivity index (χ1v) is 11.9. The van der Waals surface area contributed by atoms with E-state index < -0.39 is 6.10 Å². The van der Waals surface area contributed by atoms with Gasteiger partial charge in [-0.3, -0.25) is 9.69 Å². The zero-order valence-corrected chi connectivity index (χ0v) is 19.1. The molecule has 2 aromatic heterocycles. The van der Waals surface area contributed by atoms with Crippen molar-refractivity contribution in [2.24, 2.45) is 0 Å². The number of benzene rings is 1. The van der Waals surface area contributed by atoms with Crippen molar-refractivity contribution in [3.63, 3.8) is 0 Å². The van der Waals surface area contributed by atoms with Crippen molar-refractivity contribution in [2.45, 2.75) is 64.8 Å².